The first-order valence-electron chi connectivity index (χ1n) is 10.8. The Morgan fingerprint density at radius 1 is 1.23 bits per heavy atom. The summed E-state index contributed by atoms with van der Waals surface area (Å²) in [5.74, 6) is 0.296. The highest BCUT2D eigenvalue weighted by Gasteiger charge is 2.29. The van der Waals surface area contributed by atoms with Crippen molar-refractivity contribution in [2.45, 2.75) is 32.6 Å². The van der Waals surface area contributed by atoms with E-state index >= 15 is 0 Å². The number of ketones is 1. The maximum Gasteiger partial charge on any atom is 0.256 e. The van der Waals surface area contributed by atoms with Crippen LogP contribution < -0.4 is 5.56 Å². The first kappa shape index (κ1) is 21.0. The third-order valence-electron chi connectivity index (χ3n) is 6.11. The van der Waals surface area contributed by atoms with Crippen molar-refractivity contribution in [2.24, 2.45) is 18.9 Å². The van der Waals surface area contributed by atoms with Gasteiger partial charge in [-0.3, -0.25) is 19.1 Å². The molecular weight excluding hydrogens is 392 g/mol. The van der Waals surface area contributed by atoms with Crippen LogP contribution in [0.3, 0.4) is 0 Å². The molecule has 0 spiro atoms. The lowest BCUT2D eigenvalue weighted by Gasteiger charge is -2.32. The van der Waals surface area contributed by atoms with E-state index in [-0.39, 0.29) is 29.1 Å². The Labute approximate surface area is 181 Å². The van der Waals surface area contributed by atoms with Crippen molar-refractivity contribution in [3.63, 3.8) is 0 Å². The fourth-order valence-corrected chi connectivity index (χ4v) is 4.43. The van der Waals surface area contributed by atoms with Crippen LogP contribution in [0.5, 0.6) is 0 Å². The smallest absolute Gasteiger partial charge is 0.256 e. The van der Waals surface area contributed by atoms with Crippen molar-refractivity contribution in [3.05, 3.63) is 64.3 Å². The number of pyridine rings is 1. The molecule has 0 saturated carbocycles. The number of H-pyrrole nitrogens is 1. The molecule has 0 unspecified atom stereocenters. The SMILES string of the molecule is C[C@@H](CC(=O)N1CCC(C(=O)c2cnn(C)c2)CC1)Cc1cc2ccccc2c(=O)[nH]1. The number of rotatable bonds is 6. The Morgan fingerprint density at radius 2 is 1.97 bits per heavy atom. The Morgan fingerprint density at radius 3 is 2.68 bits per heavy atom. The van der Waals surface area contributed by atoms with Crippen molar-refractivity contribution in [3.8, 4) is 0 Å². The van der Waals surface area contributed by atoms with Gasteiger partial charge in [0, 0.05) is 49.8 Å². The van der Waals surface area contributed by atoms with Gasteiger partial charge in [0.25, 0.3) is 5.56 Å². The number of fused-ring (bicyclic) bond motifs is 1. The molecule has 2 aromatic heterocycles. The van der Waals surface area contributed by atoms with Crippen LogP contribution in [-0.4, -0.2) is 44.4 Å². The number of Topliss-reactive ketones (excluding diaryl/α,β-unsaturated/α-hetero) is 1. The Hall–Kier alpha value is -3.22. The number of aryl methyl sites for hydroxylation is 1. The monoisotopic (exact) mass is 420 g/mol. The molecule has 31 heavy (non-hydrogen) atoms. The minimum Gasteiger partial charge on any atom is -0.343 e. The van der Waals surface area contributed by atoms with E-state index in [9.17, 15) is 14.4 Å². The summed E-state index contributed by atoms with van der Waals surface area (Å²) in [4.78, 5) is 42.5. The summed E-state index contributed by atoms with van der Waals surface area (Å²) in [6.07, 6.45) is 5.80. The number of likely N-dealkylation sites (tertiary alicyclic amines) is 1. The lowest BCUT2D eigenvalue weighted by molar-refractivity contribution is -0.133. The predicted molar refractivity (Wildman–Crippen MR) is 119 cm³/mol. The van der Waals surface area contributed by atoms with Crippen molar-refractivity contribution in [2.75, 3.05) is 13.1 Å². The molecule has 7 nitrogen and oxygen atoms in total. The summed E-state index contributed by atoms with van der Waals surface area (Å²) < 4.78 is 1.63. The molecule has 1 aliphatic heterocycles. The highest BCUT2D eigenvalue weighted by Crippen LogP contribution is 2.23. The van der Waals surface area contributed by atoms with Gasteiger partial charge >= 0.3 is 0 Å². The van der Waals surface area contributed by atoms with Gasteiger partial charge < -0.3 is 9.88 Å². The highest BCUT2D eigenvalue weighted by atomic mass is 16.2. The molecule has 1 saturated heterocycles. The number of aromatic amines is 1. The average Bonchev–Trinajstić information content (AvgIpc) is 3.19. The molecule has 1 aromatic carbocycles. The number of hydrogen-bond donors (Lipinski definition) is 1. The highest BCUT2D eigenvalue weighted by molar-refractivity contribution is 5.97. The quantitative estimate of drug-likeness (QED) is 0.621. The Kier molecular flexibility index (Phi) is 6.02. The number of carbonyl (C=O) groups excluding carboxylic acids is 2. The normalized spacial score (nSPS) is 15.9. The van der Waals surface area contributed by atoms with Gasteiger partial charge in [-0.05, 0) is 42.7 Å². The first-order valence-corrected chi connectivity index (χ1v) is 10.8. The van der Waals surface area contributed by atoms with Gasteiger partial charge in [-0.25, -0.2) is 0 Å². The van der Waals surface area contributed by atoms with Gasteiger partial charge in [0.15, 0.2) is 5.78 Å². The van der Waals surface area contributed by atoms with Gasteiger partial charge in [-0.15, -0.1) is 0 Å². The van der Waals surface area contributed by atoms with Crippen LogP contribution in [0.1, 0.15) is 42.2 Å². The summed E-state index contributed by atoms with van der Waals surface area (Å²) in [6.45, 7) is 3.24. The molecule has 4 rings (SSSR count). The summed E-state index contributed by atoms with van der Waals surface area (Å²) in [7, 11) is 1.80. The van der Waals surface area contributed by atoms with Crippen LogP contribution in [0.4, 0.5) is 0 Å². The molecule has 3 aromatic rings. The zero-order valence-electron chi connectivity index (χ0n) is 18.0. The summed E-state index contributed by atoms with van der Waals surface area (Å²) in [6, 6.07) is 9.51. The van der Waals surface area contributed by atoms with E-state index in [1.807, 2.05) is 42.2 Å². The lowest BCUT2D eigenvalue weighted by atomic mass is 9.89. The molecule has 7 heteroatoms. The van der Waals surface area contributed by atoms with Crippen molar-refractivity contribution < 1.29 is 9.59 Å². The van der Waals surface area contributed by atoms with E-state index in [1.54, 1.807) is 24.1 Å². The average molecular weight is 421 g/mol. The van der Waals surface area contributed by atoms with E-state index in [0.717, 1.165) is 11.1 Å². The minimum absolute atomic E-state index is 0.0478. The fraction of sp³-hybridized carbons (Fsp3) is 0.417. The van der Waals surface area contributed by atoms with Gasteiger partial charge in [-0.2, -0.15) is 5.10 Å². The molecule has 162 valence electrons. The van der Waals surface area contributed by atoms with Crippen molar-refractivity contribution in [1.29, 1.82) is 0 Å². The first-order chi connectivity index (χ1) is 14.9. The Bertz CT molecular complexity index is 1150. The second-order valence-electron chi connectivity index (χ2n) is 8.65. The van der Waals surface area contributed by atoms with Crippen LogP contribution in [0.2, 0.25) is 0 Å². The largest absolute Gasteiger partial charge is 0.343 e. The van der Waals surface area contributed by atoms with E-state index in [1.165, 1.54) is 0 Å². The molecule has 1 fully saturated rings. The molecule has 1 aliphatic rings. The van der Waals surface area contributed by atoms with E-state index in [4.69, 9.17) is 0 Å². The van der Waals surface area contributed by atoms with Crippen LogP contribution >= 0.6 is 0 Å². The number of amides is 1. The zero-order chi connectivity index (χ0) is 22.0. The third-order valence-corrected chi connectivity index (χ3v) is 6.11. The fourth-order valence-electron chi connectivity index (χ4n) is 4.43. The lowest BCUT2D eigenvalue weighted by Crippen LogP contribution is -2.40. The number of aromatic nitrogens is 3. The summed E-state index contributed by atoms with van der Waals surface area (Å²) in [5, 5.41) is 5.67. The topological polar surface area (TPSA) is 88.1 Å². The van der Waals surface area contributed by atoms with Crippen LogP contribution in [-0.2, 0) is 18.3 Å². The molecule has 0 aliphatic carbocycles. The summed E-state index contributed by atoms with van der Waals surface area (Å²) >= 11 is 0. The molecule has 1 atom stereocenters. The Balaban J connectivity index is 1.31. The molecular formula is C24H28N4O3. The number of nitrogens with zero attached hydrogens (tertiary/aromatic N) is 3. The van der Waals surface area contributed by atoms with Gasteiger partial charge in [-0.1, -0.05) is 25.1 Å². The van der Waals surface area contributed by atoms with Crippen molar-refractivity contribution >= 4 is 22.5 Å². The number of benzene rings is 1. The number of piperidine rings is 1. The number of carbonyl (C=O) groups is 2. The number of hydrogen-bond acceptors (Lipinski definition) is 4. The second kappa shape index (κ2) is 8.88. The van der Waals surface area contributed by atoms with Crippen LogP contribution in [0.25, 0.3) is 10.8 Å². The molecule has 0 radical (unpaired) electrons. The summed E-state index contributed by atoms with van der Waals surface area (Å²) in [5.41, 5.74) is 1.40. The number of nitrogens with one attached hydrogen (secondary N) is 1. The minimum atomic E-state index is -0.0908. The second-order valence-corrected chi connectivity index (χ2v) is 8.65. The standard InChI is InChI=1S/C24H28N4O3/c1-16(11-20-13-18-5-3-4-6-21(18)24(31)26-20)12-22(29)28-9-7-17(8-10-28)23(30)19-14-25-27(2)15-19/h3-6,13-17H,7-12H2,1-2H3,(H,26,31)/t16-/m1/s1. The van der Waals surface area contributed by atoms with E-state index in [2.05, 4.69) is 10.1 Å². The van der Waals surface area contributed by atoms with Crippen molar-refractivity contribution in [1.82, 2.24) is 19.7 Å². The van der Waals surface area contributed by atoms with Gasteiger partial charge in [0.2, 0.25) is 5.91 Å². The maximum atomic E-state index is 12.8. The molecule has 1 N–H and O–H groups in total. The van der Waals surface area contributed by atoms with Gasteiger partial charge in [0.05, 0.1) is 11.8 Å². The van der Waals surface area contributed by atoms with Crippen LogP contribution in [0.15, 0.2) is 47.5 Å². The zero-order valence-corrected chi connectivity index (χ0v) is 18.0. The molecule has 3 heterocycles. The molecule has 0 bridgehead atoms. The maximum absolute atomic E-state index is 12.8. The van der Waals surface area contributed by atoms with Gasteiger partial charge in [0.1, 0.15) is 0 Å². The van der Waals surface area contributed by atoms with E-state index in [0.29, 0.717) is 49.7 Å². The third kappa shape index (κ3) is 4.76. The van der Waals surface area contributed by atoms with E-state index < -0.39 is 0 Å². The predicted octanol–water partition coefficient (Wildman–Crippen LogP) is 2.95. The van der Waals surface area contributed by atoms with Crippen LogP contribution in [0, 0.1) is 11.8 Å². The molecule has 1 amide bonds.